The molecule has 114 valence electrons. The third kappa shape index (κ3) is 3.85. The predicted octanol–water partition coefficient (Wildman–Crippen LogP) is 1.74. The van der Waals surface area contributed by atoms with Gasteiger partial charge in [-0.05, 0) is 42.4 Å². The Labute approximate surface area is 126 Å². The topological polar surface area (TPSA) is 66.4 Å². The molecule has 1 aromatic rings. The van der Waals surface area contributed by atoms with Crippen molar-refractivity contribution < 1.29 is 13.5 Å². The van der Waals surface area contributed by atoms with Crippen LogP contribution >= 0.6 is 0 Å². The first-order valence-electron chi connectivity index (χ1n) is 7.09. The van der Waals surface area contributed by atoms with Crippen molar-refractivity contribution in [3.63, 3.8) is 0 Å². The zero-order chi connectivity index (χ0) is 15.5. The minimum atomic E-state index is -3.51. The van der Waals surface area contributed by atoms with Crippen LogP contribution < -0.4 is 4.72 Å². The molecule has 2 rings (SSSR count). The fourth-order valence-electron chi connectivity index (χ4n) is 2.32. The molecule has 1 aliphatic carbocycles. The molecule has 0 spiro atoms. The Balaban J connectivity index is 2.13. The van der Waals surface area contributed by atoms with E-state index in [9.17, 15) is 8.42 Å². The molecule has 1 aliphatic rings. The van der Waals surface area contributed by atoms with Crippen LogP contribution in [-0.2, 0) is 10.0 Å². The summed E-state index contributed by atoms with van der Waals surface area (Å²) in [6.45, 7) is 4.50. The molecule has 0 heterocycles. The van der Waals surface area contributed by atoms with Gasteiger partial charge < -0.3 is 5.11 Å². The van der Waals surface area contributed by atoms with E-state index in [1.807, 2.05) is 0 Å². The second-order valence-corrected chi connectivity index (χ2v) is 7.60. The Morgan fingerprint density at radius 3 is 2.67 bits per heavy atom. The van der Waals surface area contributed by atoms with Gasteiger partial charge in [0.1, 0.15) is 6.61 Å². The molecular weight excluding hydrogens is 286 g/mol. The highest BCUT2D eigenvalue weighted by Gasteiger charge is 2.45. The lowest BCUT2D eigenvalue weighted by molar-refractivity contribution is 0.350. The molecule has 0 amide bonds. The molecule has 1 fully saturated rings. The second-order valence-electron chi connectivity index (χ2n) is 5.83. The van der Waals surface area contributed by atoms with Gasteiger partial charge in [-0.25, -0.2) is 13.1 Å². The average molecular weight is 307 g/mol. The number of aliphatic hydroxyl groups excluding tert-OH is 1. The Morgan fingerprint density at radius 2 is 2.10 bits per heavy atom. The number of aliphatic hydroxyl groups is 1. The molecule has 0 bridgehead atoms. The highest BCUT2D eigenvalue weighted by atomic mass is 32.2. The van der Waals surface area contributed by atoms with E-state index in [0.717, 1.165) is 12.8 Å². The molecule has 0 aliphatic heterocycles. The maximum absolute atomic E-state index is 12.3. The van der Waals surface area contributed by atoms with Crippen molar-refractivity contribution in [2.24, 2.45) is 11.3 Å². The van der Waals surface area contributed by atoms with E-state index in [2.05, 4.69) is 30.4 Å². The number of rotatable bonds is 5. The average Bonchev–Trinajstić information content (AvgIpc) is 3.25. The van der Waals surface area contributed by atoms with Gasteiger partial charge >= 0.3 is 0 Å². The largest absolute Gasteiger partial charge is 0.384 e. The molecule has 4 nitrogen and oxygen atoms in total. The lowest BCUT2D eigenvalue weighted by Gasteiger charge is -2.20. The summed E-state index contributed by atoms with van der Waals surface area (Å²) in [4.78, 5) is 0.215. The predicted molar refractivity (Wildman–Crippen MR) is 82.1 cm³/mol. The van der Waals surface area contributed by atoms with E-state index in [0.29, 0.717) is 18.0 Å². The molecule has 21 heavy (non-hydrogen) atoms. The van der Waals surface area contributed by atoms with Crippen molar-refractivity contribution in [1.82, 2.24) is 4.72 Å². The summed E-state index contributed by atoms with van der Waals surface area (Å²) in [6, 6.07) is 6.46. The van der Waals surface area contributed by atoms with Crippen molar-refractivity contribution in [2.45, 2.75) is 31.6 Å². The summed E-state index contributed by atoms with van der Waals surface area (Å²) in [5.74, 6) is 5.71. The summed E-state index contributed by atoms with van der Waals surface area (Å²) < 4.78 is 27.4. The Kier molecular flexibility index (Phi) is 4.72. The van der Waals surface area contributed by atoms with Gasteiger partial charge in [-0.1, -0.05) is 31.8 Å². The standard InChI is InChI=1S/C16H21NO3S/c1-13(2)16(8-9-16)12-17-21(19,20)15-7-3-5-14(11-15)6-4-10-18/h3,5,7,11,13,17-18H,8-10,12H2,1-2H3. The molecule has 0 saturated heterocycles. The van der Waals surface area contributed by atoms with Crippen LogP contribution in [0.4, 0.5) is 0 Å². The molecule has 5 heteroatoms. The van der Waals surface area contributed by atoms with Crippen LogP contribution in [0.1, 0.15) is 32.3 Å². The third-order valence-electron chi connectivity index (χ3n) is 4.19. The highest BCUT2D eigenvalue weighted by molar-refractivity contribution is 7.89. The number of benzene rings is 1. The molecule has 0 aromatic heterocycles. The molecule has 1 aromatic carbocycles. The normalized spacial score (nSPS) is 16.4. The molecule has 0 atom stereocenters. The van der Waals surface area contributed by atoms with Gasteiger partial charge in [0, 0.05) is 12.1 Å². The van der Waals surface area contributed by atoms with Gasteiger partial charge in [0.05, 0.1) is 4.90 Å². The first-order chi connectivity index (χ1) is 9.89. The summed E-state index contributed by atoms with van der Waals surface area (Å²) in [5, 5.41) is 8.69. The number of sulfonamides is 1. The van der Waals surface area contributed by atoms with Crippen LogP contribution in [-0.4, -0.2) is 26.7 Å². The summed E-state index contributed by atoms with van der Waals surface area (Å²) in [5.41, 5.74) is 0.707. The smallest absolute Gasteiger partial charge is 0.240 e. The Bertz CT molecular complexity index is 664. The number of hydrogen-bond acceptors (Lipinski definition) is 3. The first kappa shape index (κ1) is 16.0. The highest BCUT2D eigenvalue weighted by Crippen LogP contribution is 2.51. The second kappa shape index (κ2) is 6.18. The van der Waals surface area contributed by atoms with Gasteiger partial charge in [-0.3, -0.25) is 0 Å². The zero-order valence-electron chi connectivity index (χ0n) is 12.4. The monoisotopic (exact) mass is 307 g/mol. The molecule has 0 radical (unpaired) electrons. The maximum atomic E-state index is 12.3. The van der Waals surface area contributed by atoms with Crippen molar-refractivity contribution in [3.05, 3.63) is 29.8 Å². The lowest BCUT2D eigenvalue weighted by Crippen LogP contribution is -2.32. The number of hydrogen-bond donors (Lipinski definition) is 2. The molecule has 2 N–H and O–H groups in total. The van der Waals surface area contributed by atoms with Crippen molar-refractivity contribution in [3.8, 4) is 11.8 Å². The lowest BCUT2D eigenvalue weighted by atomic mass is 9.93. The van der Waals surface area contributed by atoms with E-state index in [-0.39, 0.29) is 16.9 Å². The zero-order valence-corrected chi connectivity index (χ0v) is 13.2. The number of nitrogens with one attached hydrogen (secondary N) is 1. The fraction of sp³-hybridized carbons (Fsp3) is 0.500. The third-order valence-corrected chi connectivity index (χ3v) is 5.59. The van der Waals surface area contributed by atoms with Crippen LogP contribution in [0, 0.1) is 23.2 Å². The van der Waals surface area contributed by atoms with Crippen LogP contribution in [0.3, 0.4) is 0 Å². The Hall–Kier alpha value is -1.35. The van der Waals surface area contributed by atoms with Crippen LogP contribution in [0.2, 0.25) is 0 Å². The first-order valence-corrected chi connectivity index (χ1v) is 8.57. The quantitative estimate of drug-likeness (QED) is 0.814. The minimum Gasteiger partial charge on any atom is -0.384 e. The van der Waals surface area contributed by atoms with Crippen LogP contribution in [0.15, 0.2) is 29.2 Å². The van der Waals surface area contributed by atoms with E-state index >= 15 is 0 Å². The van der Waals surface area contributed by atoms with E-state index in [4.69, 9.17) is 5.11 Å². The van der Waals surface area contributed by atoms with Crippen molar-refractivity contribution >= 4 is 10.0 Å². The fourth-order valence-corrected chi connectivity index (χ4v) is 3.51. The summed E-state index contributed by atoms with van der Waals surface area (Å²) >= 11 is 0. The van der Waals surface area contributed by atoms with E-state index in [1.54, 1.807) is 18.2 Å². The van der Waals surface area contributed by atoms with E-state index in [1.165, 1.54) is 6.07 Å². The van der Waals surface area contributed by atoms with Gasteiger partial charge in [0.2, 0.25) is 10.0 Å². The van der Waals surface area contributed by atoms with Crippen molar-refractivity contribution in [1.29, 1.82) is 0 Å². The Morgan fingerprint density at radius 1 is 1.38 bits per heavy atom. The van der Waals surface area contributed by atoms with Crippen molar-refractivity contribution in [2.75, 3.05) is 13.2 Å². The van der Waals surface area contributed by atoms with Gasteiger partial charge in [-0.15, -0.1) is 0 Å². The molecule has 1 saturated carbocycles. The van der Waals surface area contributed by atoms with Gasteiger partial charge in [-0.2, -0.15) is 0 Å². The maximum Gasteiger partial charge on any atom is 0.240 e. The SMILES string of the molecule is CC(C)C1(CNS(=O)(=O)c2cccc(C#CCO)c2)CC1. The van der Waals surface area contributed by atoms with Crippen LogP contribution in [0.5, 0.6) is 0 Å². The van der Waals surface area contributed by atoms with E-state index < -0.39 is 10.0 Å². The van der Waals surface area contributed by atoms with Gasteiger partial charge in [0.25, 0.3) is 0 Å². The molecule has 0 unspecified atom stereocenters. The summed E-state index contributed by atoms with van der Waals surface area (Å²) in [7, 11) is -3.51. The minimum absolute atomic E-state index is 0.126. The summed E-state index contributed by atoms with van der Waals surface area (Å²) in [6.07, 6.45) is 2.16. The van der Waals surface area contributed by atoms with Crippen LogP contribution in [0.25, 0.3) is 0 Å². The van der Waals surface area contributed by atoms with Gasteiger partial charge in [0.15, 0.2) is 0 Å². The molecular formula is C16H21NO3S.